The normalized spacial score (nSPS) is 11.2. The number of hydrogen-bond donors (Lipinski definition) is 2. The summed E-state index contributed by atoms with van der Waals surface area (Å²) in [6.07, 6.45) is 0.971. The fraction of sp³-hybridized carbons (Fsp3) is 0.0833. The predicted molar refractivity (Wildman–Crippen MR) is 129 cm³/mol. The van der Waals surface area contributed by atoms with Crippen LogP contribution in [0.15, 0.2) is 89.1 Å². The Hall–Kier alpha value is -3.49. The Morgan fingerprint density at radius 2 is 1.72 bits per heavy atom. The highest BCUT2D eigenvalue weighted by atomic mass is 32.2. The van der Waals surface area contributed by atoms with Crippen molar-refractivity contribution in [3.63, 3.8) is 0 Å². The van der Waals surface area contributed by atoms with E-state index in [1.54, 1.807) is 36.4 Å². The lowest BCUT2D eigenvalue weighted by Gasteiger charge is -2.09. The number of nitrogens with one attached hydrogen (secondary N) is 2. The second-order valence-electron chi connectivity index (χ2n) is 7.04. The number of carbonyl (C=O) groups is 1. The Kier molecular flexibility index (Phi) is 6.34. The number of anilines is 2. The van der Waals surface area contributed by atoms with Crippen LogP contribution in [0.3, 0.4) is 0 Å². The third-order valence-corrected chi connectivity index (χ3v) is 6.97. The van der Waals surface area contributed by atoms with Crippen molar-refractivity contribution in [1.29, 1.82) is 0 Å². The minimum absolute atomic E-state index is 0.150. The smallest absolute Gasteiger partial charge is 0.261 e. The van der Waals surface area contributed by atoms with Gasteiger partial charge in [-0.15, -0.1) is 11.3 Å². The van der Waals surface area contributed by atoms with Crippen LogP contribution in [0.2, 0.25) is 0 Å². The van der Waals surface area contributed by atoms with Crippen LogP contribution in [0.5, 0.6) is 0 Å². The van der Waals surface area contributed by atoms with Gasteiger partial charge >= 0.3 is 0 Å². The Morgan fingerprint density at radius 3 is 2.44 bits per heavy atom. The molecule has 0 saturated heterocycles. The van der Waals surface area contributed by atoms with Gasteiger partial charge in [-0.05, 0) is 42.3 Å². The highest BCUT2D eigenvalue weighted by Gasteiger charge is 2.15. The lowest BCUT2D eigenvalue weighted by molar-refractivity contribution is 0.102. The number of rotatable bonds is 7. The van der Waals surface area contributed by atoms with Crippen LogP contribution in [0, 0.1) is 0 Å². The molecule has 0 radical (unpaired) electrons. The average molecular weight is 464 g/mol. The SMILES string of the molecule is CCc1ccc(-c2csc(NC(=O)c3cccc(NS(=O)(=O)c4ccccc4)c3)n2)cc1. The Labute approximate surface area is 191 Å². The molecular formula is C24H21N3O3S2. The molecule has 0 aliphatic heterocycles. The zero-order valence-corrected chi connectivity index (χ0v) is 18.9. The molecule has 4 rings (SSSR count). The molecule has 1 aromatic heterocycles. The van der Waals surface area contributed by atoms with E-state index in [0.717, 1.165) is 17.7 Å². The van der Waals surface area contributed by atoms with Gasteiger partial charge in [-0.2, -0.15) is 0 Å². The minimum Gasteiger partial charge on any atom is -0.298 e. The van der Waals surface area contributed by atoms with Crippen molar-refractivity contribution in [3.8, 4) is 11.3 Å². The van der Waals surface area contributed by atoms with E-state index in [9.17, 15) is 13.2 Å². The van der Waals surface area contributed by atoms with E-state index in [4.69, 9.17) is 0 Å². The molecule has 8 heteroatoms. The summed E-state index contributed by atoms with van der Waals surface area (Å²) in [4.78, 5) is 17.4. The van der Waals surface area contributed by atoms with Crippen molar-refractivity contribution in [2.45, 2.75) is 18.2 Å². The molecule has 4 aromatic rings. The largest absolute Gasteiger partial charge is 0.298 e. The first-order valence-corrected chi connectivity index (χ1v) is 12.3. The van der Waals surface area contributed by atoms with Crippen LogP contribution in [0.1, 0.15) is 22.8 Å². The van der Waals surface area contributed by atoms with Gasteiger partial charge in [0.15, 0.2) is 5.13 Å². The summed E-state index contributed by atoms with van der Waals surface area (Å²) in [5.41, 5.74) is 3.65. The molecule has 0 aliphatic carbocycles. The number of aromatic nitrogens is 1. The molecule has 162 valence electrons. The summed E-state index contributed by atoms with van der Waals surface area (Å²) in [6, 6.07) is 22.6. The molecule has 0 aliphatic rings. The van der Waals surface area contributed by atoms with Crippen molar-refractivity contribution in [2.75, 3.05) is 10.0 Å². The van der Waals surface area contributed by atoms with Gasteiger partial charge in [0, 0.05) is 22.2 Å². The molecule has 0 spiro atoms. The molecule has 0 fully saturated rings. The van der Waals surface area contributed by atoms with Crippen LogP contribution in [-0.4, -0.2) is 19.3 Å². The van der Waals surface area contributed by atoms with Crippen molar-refractivity contribution < 1.29 is 13.2 Å². The minimum atomic E-state index is -3.74. The number of nitrogens with zero attached hydrogens (tertiary/aromatic N) is 1. The summed E-state index contributed by atoms with van der Waals surface area (Å²) in [5.74, 6) is -0.368. The maximum absolute atomic E-state index is 12.7. The van der Waals surface area contributed by atoms with Gasteiger partial charge < -0.3 is 0 Å². The lowest BCUT2D eigenvalue weighted by atomic mass is 10.1. The first-order chi connectivity index (χ1) is 15.4. The highest BCUT2D eigenvalue weighted by molar-refractivity contribution is 7.92. The average Bonchev–Trinajstić information content (AvgIpc) is 3.28. The van der Waals surface area contributed by atoms with E-state index in [1.165, 1.54) is 35.1 Å². The summed E-state index contributed by atoms with van der Waals surface area (Å²) in [7, 11) is -3.74. The lowest BCUT2D eigenvalue weighted by Crippen LogP contribution is -2.15. The number of benzene rings is 3. The topological polar surface area (TPSA) is 88.2 Å². The number of carbonyl (C=O) groups excluding carboxylic acids is 1. The quantitative estimate of drug-likeness (QED) is 0.383. The molecule has 0 bridgehead atoms. The van der Waals surface area contributed by atoms with Crippen LogP contribution < -0.4 is 10.0 Å². The molecule has 1 heterocycles. The number of aryl methyl sites for hydroxylation is 1. The predicted octanol–water partition coefficient (Wildman–Crippen LogP) is 5.43. The van der Waals surface area contributed by atoms with Gasteiger partial charge in [-0.1, -0.05) is 55.5 Å². The zero-order chi connectivity index (χ0) is 22.6. The fourth-order valence-electron chi connectivity index (χ4n) is 3.08. The van der Waals surface area contributed by atoms with Crippen LogP contribution in [0.25, 0.3) is 11.3 Å². The van der Waals surface area contributed by atoms with Crippen LogP contribution >= 0.6 is 11.3 Å². The molecule has 0 saturated carbocycles. The molecule has 2 N–H and O–H groups in total. The molecule has 0 atom stereocenters. The van der Waals surface area contributed by atoms with Gasteiger partial charge in [-0.25, -0.2) is 13.4 Å². The maximum atomic E-state index is 12.7. The van der Waals surface area contributed by atoms with E-state index < -0.39 is 10.0 Å². The van der Waals surface area contributed by atoms with Gasteiger partial charge in [0.2, 0.25) is 0 Å². The molecule has 0 unspecified atom stereocenters. The Balaban J connectivity index is 1.47. The second-order valence-corrected chi connectivity index (χ2v) is 9.58. The van der Waals surface area contributed by atoms with Crippen LogP contribution in [0.4, 0.5) is 10.8 Å². The first-order valence-electron chi connectivity index (χ1n) is 9.99. The number of amides is 1. The van der Waals surface area contributed by atoms with Gasteiger partial charge in [0.25, 0.3) is 15.9 Å². The molecule has 32 heavy (non-hydrogen) atoms. The van der Waals surface area contributed by atoms with E-state index in [2.05, 4.69) is 34.1 Å². The number of sulfonamides is 1. The number of hydrogen-bond acceptors (Lipinski definition) is 5. The summed E-state index contributed by atoms with van der Waals surface area (Å²) in [6.45, 7) is 2.10. The maximum Gasteiger partial charge on any atom is 0.261 e. The second kappa shape index (κ2) is 9.33. The van der Waals surface area contributed by atoms with E-state index >= 15 is 0 Å². The third kappa shape index (κ3) is 5.04. The monoisotopic (exact) mass is 463 g/mol. The standard InChI is InChI=1S/C24H21N3O3S2/c1-2-17-11-13-18(14-12-17)22-16-31-24(25-22)26-23(28)19-7-6-8-20(15-19)27-32(29,30)21-9-4-3-5-10-21/h3-16,27H,2H2,1H3,(H,25,26,28). The summed E-state index contributed by atoms with van der Waals surface area (Å²) >= 11 is 1.33. The van der Waals surface area contributed by atoms with Gasteiger partial charge in [0.1, 0.15) is 0 Å². The van der Waals surface area contributed by atoms with Crippen molar-refractivity contribution in [2.24, 2.45) is 0 Å². The van der Waals surface area contributed by atoms with Gasteiger partial charge in [-0.3, -0.25) is 14.8 Å². The highest BCUT2D eigenvalue weighted by Crippen LogP contribution is 2.26. The zero-order valence-electron chi connectivity index (χ0n) is 17.3. The molecular weight excluding hydrogens is 442 g/mol. The fourth-order valence-corrected chi connectivity index (χ4v) is 4.87. The summed E-state index contributed by atoms with van der Waals surface area (Å²) < 4.78 is 27.6. The van der Waals surface area contributed by atoms with E-state index in [-0.39, 0.29) is 10.8 Å². The summed E-state index contributed by atoms with van der Waals surface area (Å²) in [5, 5.41) is 5.15. The first kappa shape index (κ1) is 21.7. The Morgan fingerprint density at radius 1 is 0.969 bits per heavy atom. The van der Waals surface area contributed by atoms with E-state index in [1.807, 2.05) is 17.5 Å². The van der Waals surface area contributed by atoms with E-state index in [0.29, 0.717) is 16.4 Å². The van der Waals surface area contributed by atoms with Crippen molar-refractivity contribution in [3.05, 3.63) is 95.4 Å². The molecule has 3 aromatic carbocycles. The van der Waals surface area contributed by atoms with Crippen LogP contribution in [-0.2, 0) is 16.4 Å². The third-order valence-electron chi connectivity index (χ3n) is 4.81. The Bertz CT molecular complexity index is 1330. The van der Waals surface area contributed by atoms with Gasteiger partial charge in [0.05, 0.1) is 10.6 Å². The number of thiazole rings is 1. The van der Waals surface area contributed by atoms with Crippen molar-refractivity contribution >= 4 is 38.1 Å². The molecule has 6 nitrogen and oxygen atoms in total. The van der Waals surface area contributed by atoms with Crippen molar-refractivity contribution in [1.82, 2.24) is 4.98 Å². The molecule has 1 amide bonds.